The molecule has 2 aromatic rings. The van der Waals surface area contributed by atoms with Crippen LogP contribution in [0.15, 0.2) is 24.3 Å². The van der Waals surface area contributed by atoms with Gasteiger partial charge in [-0.2, -0.15) is 0 Å². The van der Waals surface area contributed by atoms with Crippen LogP contribution in [0.4, 0.5) is 16.3 Å². The van der Waals surface area contributed by atoms with Crippen LogP contribution in [0.1, 0.15) is 43.7 Å². The number of hydrogen-bond acceptors (Lipinski definition) is 7. The van der Waals surface area contributed by atoms with Crippen LogP contribution in [0.5, 0.6) is 0 Å². The summed E-state index contributed by atoms with van der Waals surface area (Å²) in [5.41, 5.74) is 2.69. The number of aromatic nitrogens is 2. The maximum Gasteiger partial charge on any atom is 0.319 e. The van der Waals surface area contributed by atoms with E-state index in [-0.39, 0.29) is 17.8 Å². The summed E-state index contributed by atoms with van der Waals surface area (Å²) in [6.45, 7) is 8.02. The third kappa shape index (κ3) is 4.29. The number of hydrogen-bond donors (Lipinski definition) is 2. The van der Waals surface area contributed by atoms with Crippen LogP contribution in [0.25, 0.3) is 11.4 Å². The normalized spacial score (nSPS) is 21.8. The van der Waals surface area contributed by atoms with Gasteiger partial charge in [-0.25, -0.2) is 23.2 Å². The Balaban J connectivity index is 1.74. The van der Waals surface area contributed by atoms with Crippen LogP contribution in [0.2, 0.25) is 0 Å². The number of urea groups is 1. The summed E-state index contributed by atoms with van der Waals surface area (Å²) in [5, 5.41) is 4.82. The summed E-state index contributed by atoms with van der Waals surface area (Å²) in [4.78, 5) is 23.4. The monoisotopic (exact) mass is 459 g/mol. The molecule has 10 heteroatoms. The molecule has 2 amide bonds. The highest BCUT2D eigenvalue weighted by atomic mass is 32.2. The highest BCUT2D eigenvalue weighted by molar-refractivity contribution is 7.91. The summed E-state index contributed by atoms with van der Waals surface area (Å²) in [6, 6.07) is 7.09. The number of rotatable bonds is 5. The van der Waals surface area contributed by atoms with Gasteiger partial charge in [0.05, 0.1) is 36.0 Å². The van der Waals surface area contributed by atoms with Crippen molar-refractivity contribution in [3.8, 4) is 11.4 Å². The van der Waals surface area contributed by atoms with E-state index in [0.717, 1.165) is 12.0 Å². The summed E-state index contributed by atoms with van der Waals surface area (Å²) in [5.74, 6) is 1.09. The van der Waals surface area contributed by atoms with Gasteiger partial charge in [0, 0.05) is 29.9 Å². The Morgan fingerprint density at radius 3 is 2.66 bits per heavy atom. The van der Waals surface area contributed by atoms with Crippen molar-refractivity contribution in [1.82, 2.24) is 15.3 Å². The zero-order chi connectivity index (χ0) is 22.9. The van der Waals surface area contributed by atoms with Crippen molar-refractivity contribution in [3.63, 3.8) is 0 Å². The van der Waals surface area contributed by atoms with Gasteiger partial charge in [0.15, 0.2) is 15.7 Å². The first-order valence-corrected chi connectivity index (χ1v) is 12.7. The minimum Gasteiger partial charge on any atom is -0.377 e. The number of morpholine rings is 1. The van der Waals surface area contributed by atoms with Crippen molar-refractivity contribution < 1.29 is 17.9 Å². The van der Waals surface area contributed by atoms with Crippen LogP contribution in [-0.2, 0) is 20.3 Å². The zero-order valence-electron chi connectivity index (χ0n) is 18.6. The summed E-state index contributed by atoms with van der Waals surface area (Å²) >= 11 is 0. The Bertz CT molecular complexity index is 1100. The average molecular weight is 460 g/mol. The van der Waals surface area contributed by atoms with Crippen LogP contribution < -0.4 is 15.5 Å². The van der Waals surface area contributed by atoms with Gasteiger partial charge in [-0.15, -0.1) is 0 Å². The first-order valence-electron chi connectivity index (χ1n) is 11.0. The van der Waals surface area contributed by atoms with Crippen molar-refractivity contribution in [3.05, 3.63) is 35.5 Å². The average Bonchev–Trinajstić information content (AvgIpc) is 3.02. The number of fused-ring (bicyclic) bond motifs is 1. The molecule has 9 nitrogen and oxygen atoms in total. The maximum absolute atomic E-state index is 12.7. The summed E-state index contributed by atoms with van der Waals surface area (Å²) in [6.07, 6.45) is 0.870. The molecule has 4 rings (SSSR count). The van der Waals surface area contributed by atoms with E-state index in [1.165, 1.54) is 0 Å². The topological polar surface area (TPSA) is 114 Å². The maximum atomic E-state index is 12.7. The van der Waals surface area contributed by atoms with Crippen LogP contribution in [-0.4, -0.2) is 56.8 Å². The molecule has 2 unspecified atom stereocenters. The van der Waals surface area contributed by atoms with Gasteiger partial charge in [-0.05, 0) is 44.5 Å². The van der Waals surface area contributed by atoms with E-state index in [4.69, 9.17) is 9.72 Å². The fourth-order valence-corrected chi connectivity index (χ4v) is 5.63. The molecule has 1 aromatic heterocycles. The number of anilines is 2. The Labute approximate surface area is 188 Å². The Morgan fingerprint density at radius 1 is 1.22 bits per heavy atom. The van der Waals surface area contributed by atoms with Crippen molar-refractivity contribution in [2.75, 3.05) is 36.5 Å². The second-order valence-corrected chi connectivity index (χ2v) is 10.4. The lowest BCUT2D eigenvalue weighted by atomic mass is 10.1. The van der Waals surface area contributed by atoms with Gasteiger partial charge in [0.25, 0.3) is 0 Å². The van der Waals surface area contributed by atoms with Crippen molar-refractivity contribution >= 4 is 27.4 Å². The molecule has 32 heavy (non-hydrogen) atoms. The van der Waals surface area contributed by atoms with Gasteiger partial charge >= 0.3 is 6.03 Å². The van der Waals surface area contributed by atoms with Crippen molar-refractivity contribution in [1.29, 1.82) is 0 Å². The largest absolute Gasteiger partial charge is 0.377 e. The molecule has 0 bridgehead atoms. The molecular weight excluding hydrogens is 430 g/mol. The third-order valence-electron chi connectivity index (χ3n) is 6.00. The molecule has 2 N–H and O–H groups in total. The highest BCUT2D eigenvalue weighted by Gasteiger charge is 2.40. The SMILES string of the molecule is CCNC(=O)Nc1ccc(-c2nc3c(c(N4CCOCC4CC)n2)C(C)S(=O)(=O)C3)cc1. The second kappa shape index (κ2) is 9.03. The Morgan fingerprint density at radius 2 is 1.97 bits per heavy atom. The van der Waals surface area contributed by atoms with E-state index in [9.17, 15) is 13.2 Å². The van der Waals surface area contributed by atoms with E-state index >= 15 is 0 Å². The lowest BCUT2D eigenvalue weighted by molar-refractivity contribution is 0.0924. The van der Waals surface area contributed by atoms with Gasteiger partial charge in [-0.3, -0.25) is 0 Å². The minimum atomic E-state index is -3.31. The van der Waals surface area contributed by atoms with Gasteiger partial charge in [0.1, 0.15) is 5.82 Å². The summed E-state index contributed by atoms with van der Waals surface area (Å²) < 4.78 is 31.0. The van der Waals surface area contributed by atoms with Crippen LogP contribution >= 0.6 is 0 Å². The fraction of sp³-hybridized carbons (Fsp3) is 0.500. The molecule has 2 atom stereocenters. The molecule has 0 radical (unpaired) electrons. The predicted molar refractivity (Wildman–Crippen MR) is 123 cm³/mol. The molecule has 1 saturated heterocycles. The number of carbonyl (C=O) groups is 1. The number of nitrogens with zero attached hydrogens (tertiary/aromatic N) is 3. The third-order valence-corrected chi connectivity index (χ3v) is 7.99. The van der Waals surface area contributed by atoms with Gasteiger partial charge < -0.3 is 20.3 Å². The molecular formula is C22H29N5O4S. The van der Waals surface area contributed by atoms with Crippen LogP contribution in [0.3, 0.4) is 0 Å². The fourth-order valence-electron chi connectivity index (χ4n) is 4.18. The summed E-state index contributed by atoms with van der Waals surface area (Å²) in [7, 11) is -3.31. The molecule has 0 aliphatic carbocycles. The van der Waals surface area contributed by atoms with Gasteiger partial charge in [-0.1, -0.05) is 6.92 Å². The Kier molecular flexibility index (Phi) is 6.34. The number of ether oxygens (including phenoxy) is 1. The smallest absolute Gasteiger partial charge is 0.319 e. The number of nitrogens with one attached hydrogen (secondary N) is 2. The molecule has 2 aliphatic heterocycles. The number of sulfone groups is 1. The molecule has 172 valence electrons. The first kappa shape index (κ1) is 22.5. The lowest BCUT2D eigenvalue weighted by Crippen LogP contribution is -2.46. The van der Waals surface area contributed by atoms with E-state index in [1.54, 1.807) is 19.1 Å². The molecule has 1 aromatic carbocycles. The molecule has 2 aliphatic rings. The van der Waals surface area contributed by atoms with E-state index in [0.29, 0.717) is 54.9 Å². The molecule has 3 heterocycles. The van der Waals surface area contributed by atoms with E-state index in [2.05, 4.69) is 27.4 Å². The number of benzene rings is 1. The van der Waals surface area contributed by atoms with Crippen molar-refractivity contribution in [2.45, 2.75) is 44.2 Å². The van der Waals surface area contributed by atoms with E-state index in [1.807, 2.05) is 19.1 Å². The first-order chi connectivity index (χ1) is 15.3. The molecule has 1 fully saturated rings. The molecule has 0 saturated carbocycles. The minimum absolute atomic E-state index is 0.0794. The zero-order valence-corrected chi connectivity index (χ0v) is 19.4. The Hall–Kier alpha value is -2.72. The highest BCUT2D eigenvalue weighted by Crippen LogP contribution is 2.42. The number of carbonyl (C=O) groups excluding carboxylic acids is 1. The number of amides is 2. The standard InChI is InChI=1S/C22H29N5O4S/c1-4-17-12-31-11-10-27(17)21-19-14(3)32(29,30)13-18(19)25-20(26-21)15-6-8-16(9-7-15)24-22(28)23-5-2/h6-9,14,17H,4-5,10-13H2,1-3H3,(H2,23,24,28). The quantitative estimate of drug-likeness (QED) is 0.707. The lowest BCUT2D eigenvalue weighted by Gasteiger charge is -2.37. The van der Waals surface area contributed by atoms with Crippen LogP contribution in [0, 0.1) is 0 Å². The van der Waals surface area contributed by atoms with Crippen molar-refractivity contribution in [2.24, 2.45) is 0 Å². The van der Waals surface area contributed by atoms with E-state index < -0.39 is 15.1 Å². The second-order valence-electron chi connectivity index (χ2n) is 8.07. The van der Waals surface area contributed by atoms with Gasteiger partial charge in [0.2, 0.25) is 0 Å². The molecule has 0 spiro atoms. The predicted octanol–water partition coefficient (Wildman–Crippen LogP) is 2.89.